The topological polar surface area (TPSA) is 90.3 Å². The Morgan fingerprint density at radius 2 is 2.00 bits per heavy atom. The lowest BCUT2D eigenvalue weighted by molar-refractivity contribution is 0.0521. The molecule has 1 heterocycles. The molecular weight excluding hydrogens is 330 g/mol. The molecule has 1 aromatic carbocycles. The van der Waals surface area contributed by atoms with Gasteiger partial charge in [-0.1, -0.05) is 0 Å². The van der Waals surface area contributed by atoms with Crippen molar-refractivity contribution in [2.75, 3.05) is 6.26 Å². The van der Waals surface area contributed by atoms with E-state index in [4.69, 9.17) is 4.74 Å². The van der Waals surface area contributed by atoms with Crippen molar-refractivity contribution in [1.82, 2.24) is 14.9 Å². The highest BCUT2D eigenvalue weighted by molar-refractivity contribution is 7.90. The lowest BCUT2D eigenvalue weighted by Gasteiger charge is -2.19. The van der Waals surface area contributed by atoms with E-state index in [-0.39, 0.29) is 11.4 Å². The largest absolute Gasteiger partial charge is 0.444 e. The number of rotatable bonds is 4. The molecule has 132 valence electrons. The van der Waals surface area contributed by atoms with Gasteiger partial charge in [0.05, 0.1) is 22.5 Å². The molecule has 8 heteroatoms. The molecule has 1 N–H and O–H groups in total. The van der Waals surface area contributed by atoms with Gasteiger partial charge in [0.25, 0.3) is 0 Å². The Morgan fingerprint density at radius 3 is 2.54 bits per heavy atom. The number of alkyl carbamates (subject to hydrolysis) is 1. The number of nitrogens with one attached hydrogen (secondary N) is 1. The summed E-state index contributed by atoms with van der Waals surface area (Å²) in [5.41, 5.74) is 0.839. The molecule has 0 bridgehead atoms. The van der Waals surface area contributed by atoms with Gasteiger partial charge in [-0.25, -0.2) is 18.2 Å². The van der Waals surface area contributed by atoms with Gasteiger partial charge in [-0.05, 0) is 45.9 Å². The summed E-state index contributed by atoms with van der Waals surface area (Å²) < 4.78 is 30.5. The Labute approximate surface area is 141 Å². The van der Waals surface area contributed by atoms with Crippen LogP contribution in [0.3, 0.4) is 0 Å². The molecule has 0 atom stereocenters. The van der Waals surface area contributed by atoms with Crippen LogP contribution in [0.1, 0.15) is 33.5 Å². The summed E-state index contributed by atoms with van der Waals surface area (Å²) in [6, 6.07) is 4.85. The van der Waals surface area contributed by atoms with Crippen LogP contribution in [0.4, 0.5) is 4.79 Å². The average Bonchev–Trinajstić information content (AvgIpc) is 2.78. The van der Waals surface area contributed by atoms with Crippen LogP contribution < -0.4 is 5.32 Å². The second-order valence-corrected chi connectivity index (χ2v) is 8.57. The quantitative estimate of drug-likeness (QED) is 0.912. The smallest absolute Gasteiger partial charge is 0.408 e. The second kappa shape index (κ2) is 6.43. The molecule has 0 aliphatic heterocycles. The number of fused-ring (bicyclic) bond motifs is 1. The molecule has 7 nitrogen and oxygen atoms in total. The Hall–Kier alpha value is -2.09. The molecule has 0 radical (unpaired) electrons. The van der Waals surface area contributed by atoms with Crippen molar-refractivity contribution in [3.8, 4) is 0 Å². The number of amides is 1. The van der Waals surface area contributed by atoms with Crippen LogP contribution in [-0.2, 0) is 27.7 Å². The molecule has 24 heavy (non-hydrogen) atoms. The molecule has 0 unspecified atom stereocenters. The number of ether oxygens (including phenoxy) is 1. The second-order valence-electron chi connectivity index (χ2n) is 6.55. The van der Waals surface area contributed by atoms with E-state index >= 15 is 0 Å². The van der Waals surface area contributed by atoms with Crippen LogP contribution in [0.5, 0.6) is 0 Å². The monoisotopic (exact) mass is 353 g/mol. The van der Waals surface area contributed by atoms with Crippen LogP contribution in [0.15, 0.2) is 23.1 Å². The summed E-state index contributed by atoms with van der Waals surface area (Å²) in [7, 11) is -3.29. The van der Waals surface area contributed by atoms with E-state index in [1.54, 1.807) is 39.0 Å². The lowest BCUT2D eigenvalue weighted by Crippen LogP contribution is -2.32. The Balaban J connectivity index is 2.29. The number of aromatic nitrogens is 2. The summed E-state index contributed by atoms with van der Waals surface area (Å²) in [5, 5.41) is 2.67. The third-order valence-electron chi connectivity index (χ3n) is 3.33. The molecule has 2 rings (SSSR count). The van der Waals surface area contributed by atoms with Crippen LogP contribution in [0, 0.1) is 0 Å². The van der Waals surface area contributed by atoms with Gasteiger partial charge >= 0.3 is 6.09 Å². The first-order valence-electron chi connectivity index (χ1n) is 7.67. The fourth-order valence-electron chi connectivity index (χ4n) is 2.34. The van der Waals surface area contributed by atoms with Crippen molar-refractivity contribution in [2.45, 2.75) is 51.3 Å². The van der Waals surface area contributed by atoms with Crippen molar-refractivity contribution in [2.24, 2.45) is 0 Å². The number of sulfone groups is 1. The van der Waals surface area contributed by atoms with E-state index < -0.39 is 21.5 Å². The maximum absolute atomic E-state index is 11.8. The fraction of sp³-hybridized carbons (Fsp3) is 0.500. The average molecular weight is 353 g/mol. The third kappa shape index (κ3) is 4.25. The highest BCUT2D eigenvalue weighted by Gasteiger charge is 2.18. The first kappa shape index (κ1) is 18.3. The van der Waals surface area contributed by atoms with Gasteiger partial charge < -0.3 is 14.6 Å². The van der Waals surface area contributed by atoms with Crippen LogP contribution in [0.25, 0.3) is 11.0 Å². The Morgan fingerprint density at radius 1 is 1.33 bits per heavy atom. The number of imidazole rings is 1. The number of carbonyl (C=O) groups excluding carboxylic acids is 1. The molecule has 0 fully saturated rings. The van der Waals surface area contributed by atoms with Gasteiger partial charge in [0.1, 0.15) is 11.4 Å². The summed E-state index contributed by atoms with van der Waals surface area (Å²) in [4.78, 5) is 16.5. The van der Waals surface area contributed by atoms with Crippen molar-refractivity contribution in [1.29, 1.82) is 0 Å². The Bertz CT molecular complexity index is 863. The molecule has 0 aliphatic rings. The number of carbonyl (C=O) groups is 1. The van der Waals surface area contributed by atoms with E-state index in [9.17, 15) is 13.2 Å². The zero-order valence-electron chi connectivity index (χ0n) is 14.6. The number of hydrogen-bond acceptors (Lipinski definition) is 5. The number of aryl methyl sites for hydroxylation is 1. The first-order chi connectivity index (χ1) is 11.0. The summed E-state index contributed by atoms with van der Waals surface area (Å²) >= 11 is 0. The molecule has 0 aliphatic carbocycles. The normalized spacial score (nSPS) is 12.4. The minimum absolute atomic E-state index is 0.200. The fourth-order valence-corrected chi connectivity index (χ4v) is 2.98. The molecule has 0 saturated carbocycles. The Kier molecular flexibility index (Phi) is 4.89. The number of nitrogens with zero attached hydrogens (tertiary/aromatic N) is 2. The van der Waals surface area contributed by atoms with E-state index in [2.05, 4.69) is 10.3 Å². The number of hydrogen-bond donors (Lipinski definition) is 1. The molecule has 1 amide bonds. The minimum Gasteiger partial charge on any atom is -0.444 e. The highest BCUT2D eigenvalue weighted by Crippen LogP contribution is 2.20. The SMILES string of the molecule is CCn1c(CNC(=O)OC(C)(C)C)nc2cc(S(C)(=O)=O)ccc21. The van der Waals surface area contributed by atoms with Gasteiger partial charge in [-0.15, -0.1) is 0 Å². The maximum Gasteiger partial charge on any atom is 0.408 e. The maximum atomic E-state index is 11.8. The van der Waals surface area contributed by atoms with Gasteiger partial charge in [-0.3, -0.25) is 0 Å². The molecule has 0 spiro atoms. The van der Waals surface area contributed by atoms with Crippen LogP contribution in [-0.4, -0.2) is 35.9 Å². The van der Waals surface area contributed by atoms with E-state index in [1.807, 2.05) is 11.5 Å². The zero-order chi connectivity index (χ0) is 18.1. The van der Waals surface area contributed by atoms with Crippen molar-refractivity contribution < 1.29 is 17.9 Å². The lowest BCUT2D eigenvalue weighted by atomic mass is 10.2. The zero-order valence-corrected chi connectivity index (χ0v) is 15.4. The van der Waals surface area contributed by atoms with Crippen LogP contribution in [0.2, 0.25) is 0 Å². The minimum atomic E-state index is -3.29. The van der Waals surface area contributed by atoms with Gasteiger partial charge in [0, 0.05) is 12.8 Å². The van der Waals surface area contributed by atoms with E-state index in [0.717, 1.165) is 11.8 Å². The third-order valence-corrected chi connectivity index (χ3v) is 4.44. The van der Waals surface area contributed by atoms with Crippen molar-refractivity contribution in [3.63, 3.8) is 0 Å². The molecular formula is C16H23N3O4S. The predicted molar refractivity (Wildman–Crippen MR) is 91.6 cm³/mol. The molecule has 0 saturated heterocycles. The summed E-state index contributed by atoms with van der Waals surface area (Å²) in [6.45, 7) is 8.19. The van der Waals surface area contributed by atoms with Crippen molar-refractivity contribution in [3.05, 3.63) is 24.0 Å². The van der Waals surface area contributed by atoms with Crippen LogP contribution >= 0.6 is 0 Å². The number of benzene rings is 1. The summed E-state index contributed by atoms with van der Waals surface area (Å²) in [5.74, 6) is 0.643. The standard InChI is InChI=1S/C16H23N3O4S/c1-6-19-13-8-7-11(24(5,21)22)9-12(13)18-14(19)10-17-15(20)23-16(2,3)4/h7-9H,6,10H2,1-5H3,(H,17,20). The molecule has 1 aromatic heterocycles. The van der Waals surface area contributed by atoms with E-state index in [1.165, 1.54) is 0 Å². The molecule has 2 aromatic rings. The van der Waals surface area contributed by atoms with E-state index in [0.29, 0.717) is 17.9 Å². The first-order valence-corrected chi connectivity index (χ1v) is 9.56. The predicted octanol–water partition coefficient (Wildman–Crippen LogP) is 2.48. The van der Waals surface area contributed by atoms with Crippen molar-refractivity contribution >= 4 is 27.0 Å². The highest BCUT2D eigenvalue weighted by atomic mass is 32.2. The van der Waals surface area contributed by atoms with Gasteiger partial charge in [-0.2, -0.15) is 0 Å². The van der Waals surface area contributed by atoms with Gasteiger partial charge in [0.2, 0.25) is 0 Å². The summed E-state index contributed by atoms with van der Waals surface area (Å²) in [6.07, 6.45) is 0.643. The van der Waals surface area contributed by atoms with Gasteiger partial charge in [0.15, 0.2) is 9.84 Å².